The summed E-state index contributed by atoms with van der Waals surface area (Å²) in [6.07, 6.45) is -2.49. The van der Waals surface area contributed by atoms with Crippen LogP contribution in [-0.2, 0) is 6.54 Å². The number of halogens is 4. The number of hydrogen-bond donors (Lipinski definition) is 1. The number of alkyl halides is 3. The zero-order valence-corrected chi connectivity index (χ0v) is 18.1. The summed E-state index contributed by atoms with van der Waals surface area (Å²) in [5.41, 5.74) is 0.936. The molecule has 0 radical (unpaired) electrons. The van der Waals surface area contributed by atoms with E-state index in [1.54, 1.807) is 19.4 Å². The fourth-order valence-electron chi connectivity index (χ4n) is 2.75. The van der Waals surface area contributed by atoms with Gasteiger partial charge >= 0.3 is 6.18 Å². The van der Waals surface area contributed by atoms with Gasteiger partial charge in [-0.1, -0.05) is 6.07 Å². The van der Waals surface area contributed by atoms with Crippen LogP contribution >= 0.6 is 24.0 Å². The van der Waals surface area contributed by atoms with Crippen molar-refractivity contribution >= 4 is 29.9 Å². The highest BCUT2D eigenvalue weighted by molar-refractivity contribution is 14.0. The highest BCUT2D eigenvalue weighted by atomic mass is 127. The van der Waals surface area contributed by atoms with Crippen molar-refractivity contribution in [3.8, 4) is 5.88 Å². The van der Waals surface area contributed by atoms with Crippen LogP contribution in [0.25, 0.3) is 0 Å². The fraction of sp³-hybridized carbons (Fsp3) is 0.647. The molecule has 1 aromatic heterocycles. The van der Waals surface area contributed by atoms with Gasteiger partial charge in [0.2, 0.25) is 5.88 Å². The molecule has 1 aliphatic rings. The molecule has 1 saturated heterocycles. The largest absolute Gasteiger partial charge is 0.481 e. The molecule has 0 aromatic carbocycles. The Morgan fingerprint density at radius 3 is 2.44 bits per heavy atom. The standard InChI is InChI=1S/C17H26F3N5O.HI/c1-4-21-16(23-12-14-5-6-15(26-3)22-11-14)25-9-7-24(8-10-25)13(2)17(18,19)20;/h5-6,11,13H,4,7-10,12H2,1-3H3,(H,21,23);1H. The number of methoxy groups -OCH3 is 1. The molecule has 154 valence electrons. The summed E-state index contributed by atoms with van der Waals surface area (Å²) in [5, 5.41) is 3.21. The van der Waals surface area contributed by atoms with Crippen LogP contribution in [-0.4, -0.2) is 72.8 Å². The molecule has 2 rings (SSSR count). The quantitative estimate of drug-likeness (QED) is 0.382. The predicted molar refractivity (Wildman–Crippen MR) is 110 cm³/mol. The first-order valence-electron chi connectivity index (χ1n) is 8.68. The molecule has 0 saturated carbocycles. The molecule has 1 N–H and O–H groups in total. The van der Waals surface area contributed by atoms with Gasteiger partial charge < -0.3 is 15.0 Å². The molecule has 2 heterocycles. The number of nitrogens with one attached hydrogen (secondary N) is 1. The lowest BCUT2D eigenvalue weighted by molar-refractivity contribution is -0.181. The van der Waals surface area contributed by atoms with E-state index >= 15 is 0 Å². The average molecular weight is 501 g/mol. The number of pyridine rings is 1. The first-order chi connectivity index (χ1) is 12.3. The van der Waals surface area contributed by atoms with Crippen LogP contribution in [0.5, 0.6) is 5.88 Å². The van der Waals surface area contributed by atoms with Crippen molar-refractivity contribution in [2.45, 2.75) is 32.6 Å². The molecule has 1 atom stereocenters. The second kappa shape index (κ2) is 10.9. The van der Waals surface area contributed by atoms with Gasteiger partial charge in [0.25, 0.3) is 0 Å². The summed E-state index contributed by atoms with van der Waals surface area (Å²) in [4.78, 5) is 12.2. The third-order valence-corrected chi connectivity index (χ3v) is 4.39. The van der Waals surface area contributed by atoms with Gasteiger partial charge in [0.1, 0.15) is 6.04 Å². The molecule has 0 bridgehead atoms. The maximum atomic E-state index is 12.9. The Morgan fingerprint density at radius 1 is 1.30 bits per heavy atom. The molecule has 27 heavy (non-hydrogen) atoms. The number of aliphatic imine (C=N–C) groups is 1. The number of aromatic nitrogens is 1. The third-order valence-electron chi connectivity index (χ3n) is 4.39. The predicted octanol–water partition coefficient (Wildman–Crippen LogP) is 2.74. The molecule has 6 nitrogen and oxygen atoms in total. The minimum absolute atomic E-state index is 0. The monoisotopic (exact) mass is 501 g/mol. The number of rotatable bonds is 5. The van der Waals surface area contributed by atoms with E-state index in [9.17, 15) is 13.2 Å². The van der Waals surface area contributed by atoms with Crippen LogP contribution < -0.4 is 10.1 Å². The number of hydrogen-bond acceptors (Lipinski definition) is 4. The molecular formula is C17H27F3IN5O. The first-order valence-corrected chi connectivity index (χ1v) is 8.68. The smallest absolute Gasteiger partial charge is 0.403 e. The SMILES string of the molecule is CCNC(=NCc1ccc(OC)nc1)N1CCN(C(C)C(F)(F)F)CC1.I. The Balaban J connectivity index is 0.00000364. The van der Waals surface area contributed by atoms with Gasteiger partial charge in [0.05, 0.1) is 13.7 Å². The number of piperazine rings is 1. The normalized spacial score (nSPS) is 17.3. The van der Waals surface area contributed by atoms with Gasteiger partial charge in [0.15, 0.2) is 5.96 Å². The summed E-state index contributed by atoms with van der Waals surface area (Å²) in [6.45, 7) is 6.04. The third kappa shape index (κ3) is 6.98. The molecule has 0 spiro atoms. The van der Waals surface area contributed by atoms with Gasteiger partial charge in [-0.15, -0.1) is 24.0 Å². The maximum Gasteiger partial charge on any atom is 0.403 e. The van der Waals surface area contributed by atoms with E-state index in [1.807, 2.05) is 17.9 Å². The number of ether oxygens (including phenoxy) is 1. The first kappa shape index (κ1) is 23.7. The molecule has 0 aliphatic carbocycles. The second-order valence-corrected chi connectivity index (χ2v) is 6.12. The van der Waals surface area contributed by atoms with Crippen molar-refractivity contribution in [3.63, 3.8) is 0 Å². The van der Waals surface area contributed by atoms with Crippen molar-refractivity contribution in [2.75, 3.05) is 39.8 Å². The highest BCUT2D eigenvalue weighted by Gasteiger charge is 2.41. The van der Waals surface area contributed by atoms with Crippen molar-refractivity contribution in [1.29, 1.82) is 0 Å². The topological polar surface area (TPSA) is 53.0 Å². The second-order valence-electron chi connectivity index (χ2n) is 6.12. The molecular weight excluding hydrogens is 474 g/mol. The molecule has 1 fully saturated rings. The van der Waals surface area contributed by atoms with E-state index in [2.05, 4.69) is 15.3 Å². The zero-order chi connectivity index (χ0) is 19.2. The summed E-state index contributed by atoms with van der Waals surface area (Å²) in [5.74, 6) is 1.25. The van der Waals surface area contributed by atoms with Crippen LogP contribution in [0.4, 0.5) is 13.2 Å². The van der Waals surface area contributed by atoms with E-state index in [0.717, 1.165) is 5.56 Å². The fourth-order valence-corrected chi connectivity index (χ4v) is 2.75. The van der Waals surface area contributed by atoms with Crippen LogP contribution in [0.3, 0.4) is 0 Å². The Morgan fingerprint density at radius 2 is 1.96 bits per heavy atom. The molecule has 10 heteroatoms. The average Bonchev–Trinajstić information content (AvgIpc) is 2.64. The highest BCUT2D eigenvalue weighted by Crippen LogP contribution is 2.25. The lowest BCUT2D eigenvalue weighted by atomic mass is 10.2. The van der Waals surface area contributed by atoms with Gasteiger partial charge in [-0.2, -0.15) is 13.2 Å². The minimum atomic E-state index is -4.19. The summed E-state index contributed by atoms with van der Waals surface area (Å²) in [7, 11) is 1.56. The van der Waals surface area contributed by atoms with Crippen LogP contribution in [0.1, 0.15) is 19.4 Å². The number of guanidine groups is 1. The Labute approximate surface area is 175 Å². The summed E-state index contributed by atoms with van der Waals surface area (Å²) in [6, 6.07) is 2.24. The van der Waals surface area contributed by atoms with Gasteiger partial charge in [-0.05, 0) is 19.4 Å². The van der Waals surface area contributed by atoms with Gasteiger partial charge in [-0.3, -0.25) is 4.90 Å². The minimum Gasteiger partial charge on any atom is -0.481 e. The molecule has 0 amide bonds. The summed E-state index contributed by atoms with van der Waals surface area (Å²) < 4.78 is 43.6. The molecule has 1 aromatic rings. The lowest BCUT2D eigenvalue weighted by Crippen LogP contribution is -2.56. The maximum absolute atomic E-state index is 12.9. The lowest BCUT2D eigenvalue weighted by Gasteiger charge is -2.39. The van der Waals surface area contributed by atoms with E-state index in [0.29, 0.717) is 51.1 Å². The Bertz CT molecular complexity index is 589. The van der Waals surface area contributed by atoms with Crippen LogP contribution in [0.2, 0.25) is 0 Å². The van der Waals surface area contributed by atoms with Gasteiger partial charge in [0, 0.05) is 45.0 Å². The Hall–Kier alpha value is -1.30. The molecule has 1 unspecified atom stereocenters. The Kier molecular flexibility index (Phi) is 9.57. The molecule has 1 aliphatic heterocycles. The van der Waals surface area contributed by atoms with Crippen molar-refractivity contribution in [2.24, 2.45) is 4.99 Å². The van der Waals surface area contributed by atoms with Crippen LogP contribution in [0, 0.1) is 0 Å². The van der Waals surface area contributed by atoms with Crippen molar-refractivity contribution in [3.05, 3.63) is 23.9 Å². The number of nitrogens with zero attached hydrogens (tertiary/aromatic N) is 4. The van der Waals surface area contributed by atoms with E-state index in [-0.39, 0.29) is 24.0 Å². The van der Waals surface area contributed by atoms with Crippen molar-refractivity contribution < 1.29 is 17.9 Å². The van der Waals surface area contributed by atoms with E-state index < -0.39 is 12.2 Å². The van der Waals surface area contributed by atoms with Crippen LogP contribution in [0.15, 0.2) is 23.3 Å². The zero-order valence-electron chi connectivity index (χ0n) is 15.8. The van der Waals surface area contributed by atoms with Crippen molar-refractivity contribution in [1.82, 2.24) is 20.1 Å². The van der Waals surface area contributed by atoms with Gasteiger partial charge in [-0.25, -0.2) is 9.98 Å². The van der Waals surface area contributed by atoms with E-state index in [1.165, 1.54) is 11.8 Å². The summed E-state index contributed by atoms with van der Waals surface area (Å²) >= 11 is 0. The van der Waals surface area contributed by atoms with E-state index in [4.69, 9.17) is 4.74 Å².